The van der Waals surface area contributed by atoms with Gasteiger partial charge in [-0.25, -0.2) is 0 Å². The van der Waals surface area contributed by atoms with E-state index in [2.05, 4.69) is 106 Å². The standard InChI is InChI=1S/C69H120O6/c1-4-7-10-13-16-19-22-25-28-31-32-33-34-35-36-39-41-44-47-50-53-56-59-62-68(71)74-65-66(75-69(72)63-60-57-54-51-48-45-42-38-30-27-24-21-18-15-12-9-6-3)64-73-67(70)61-58-55-52-49-46-43-40-37-29-26-23-20-17-14-11-8-5-2/h7,10,16,19,25,27-28,30,32-33,35-36,41,44,66H,4-6,8-9,11-15,17-18,20-24,26,29,31,34,37-40,42-43,45-65H2,1-3H3/b10-7-,19-16-,28-25-,30-27-,33-32-,36-35-,44-41-. The van der Waals surface area contributed by atoms with Gasteiger partial charge in [0.1, 0.15) is 13.2 Å². The Morgan fingerprint density at radius 3 is 0.827 bits per heavy atom. The number of allylic oxidation sites excluding steroid dienone is 14. The second-order valence-corrected chi connectivity index (χ2v) is 21.3. The average molecular weight is 1050 g/mol. The molecule has 6 heteroatoms. The first-order chi connectivity index (χ1) is 37.0. The van der Waals surface area contributed by atoms with Crippen molar-refractivity contribution in [3.8, 4) is 0 Å². The van der Waals surface area contributed by atoms with Crippen LogP contribution < -0.4 is 0 Å². The van der Waals surface area contributed by atoms with Crippen molar-refractivity contribution >= 4 is 17.9 Å². The lowest BCUT2D eigenvalue weighted by Gasteiger charge is -2.18. The van der Waals surface area contributed by atoms with Gasteiger partial charge in [-0.05, 0) is 96.3 Å². The average Bonchev–Trinajstić information content (AvgIpc) is 3.41. The first-order valence-electron chi connectivity index (χ1n) is 32.1. The number of ether oxygens (including phenoxy) is 3. The molecule has 0 aromatic heterocycles. The van der Waals surface area contributed by atoms with E-state index in [9.17, 15) is 14.4 Å². The van der Waals surface area contributed by atoms with Crippen LogP contribution >= 0.6 is 0 Å². The molecule has 0 heterocycles. The lowest BCUT2D eigenvalue weighted by atomic mass is 10.0. The molecule has 0 amide bonds. The number of carbonyl (C=O) groups is 3. The molecule has 432 valence electrons. The summed E-state index contributed by atoms with van der Waals surface area (Å²) >= 11 is 0. The molecule has 0 aromatic rings. The molecule has 0 aliphatic heterocycles. The highest BCUT2D eigenvalue weighted by atomic mass is 16.6. The summed E-state index contributed by atoms with van der Waals surface area (Å²) in [5.41, 5.74) is 0. The van der Waals surface area contributed by atoms with E-state index >= 15 is 0 Å². The molecule has 0 spiro atoms. The summed E-state index contributed by atoms with van der Waals surface area (Å²) in [5, 5.41) is 0. The van der Waals surface area contributed by atoms with Gasteiger partial charge in [0.15, 0.2) is 6.10 Å². The van der Waals surface area contributed by atoms with E-state index in [1.165, 1.54) is 167 Å². The van der Waals surface area contributed by atoms with Gasteiger partial charge in [-0.15, -0.1) is 0 Å². The SMILES string of the molecule is CC/C=C\C/C=C\C/C=C\C/C=C\C/C=C\C/C=C\CCCCCCC(=O)OCC(COC(=O)CCCCCCCCCCCCCCCCCCC)OC(=O)CCCCCCCCC/C=C\CCCCCCCC. The molecular formula is C69H120O6. The predicted octanol–water partition coefficient (Wildman–Crippen LogP) is 21.9. The van der Waals surface area contributed by atoms with Gasteiger partial charge in [-0.3, -0.25) is 14.4 Å². The summed E-state index contributed by atoms with van der Waals surface area (Å²) in [6.07, 6.45) is 82.9. The van der Waals surface area contributed by atoms with Crippen molar-refractivity contribution in [2.75, 3.05) is 13.2 Å². The molecule has 0 N–H and O–H groups in total. The fraction of sp³-hybridized carbons (Fsp3) is 0.754. The highest BCUT2D eigenvalue weighted by Crippen LogP contribution is 2.16. The van der Waals surface area contributed by atoms with Crippen molar-refractivity contribution in [1.29, 1.82) is 0 Å². The zero-order chi connectivity index (χ0) is 54.3. The van der Waals surface area contributed by atoms with Crippen LogP contribution in [0.25, 0.3) is 0 Å². The zero-order valence-corrected chi connectivity index (χ0v) is 49.6. The van der Waals surface area contributed by atoms with Crippen LogP contribution in [0.1, 0.15) is 316 Å². The minimum absolute atomic E-state index is 0.0837. The molecule has 0 aromatic carbocycles. The normalized spacial score (nSPS) is 12.6. The second-order valence-electron chi connectivity index (χ2n) is 21.3. The van der Waals surface area contributed by atoms with Crippen molar-refractivity contribution in [2.45, 2.75) is 322 Å². The van der Waals surface area contributed by atoms with Crippen LogP contribution in [-0.2, 0) is 28.6 Å². The van der Waals surface area contributed by atoms with E-state index < -0.39 is 6.10 Å². The summed E-state index contributed by atoms with van der Waals surface area (Å²) in [4.78, 5) is 38.3. The lowest BCUT2D eigenvalue weighted by Crippen LogP contribution is -2.30. The molecule has 0 radical (unpaired) electrons. The monoisotopic (exact) mass is 1040 g/mol. The molecule has 6 nitrogen and oxygen atoms in total. The molecule has 0 aliphatic carbocycles. The van der Waals surface area contributed by atoms with Gasteiger partial charge >= 0.3 is 17.9 Å². The lowest BCUT2D eigenvalue weighted by molar-refractivity contribution is -0.167. The van der Waals surface area contributed by atoms with Crippen molar-refractivity contribution < 1.29 is 28.6 Å². The predicted molar refractivity (Wildman–Crippen MR) is 325 cm³/mol. The van der Waals surface area contributed by atoms with Gasteiger partial charge in [0.2, 0.25) is 0 Å². The van der Waals surface area contributed by atoms with Crippen molar-refractivity contribution in [2.24, 2.45) is 0 Å². The number of carbonyl (C=O) groups excluding carboxylic acids is 3. The molecular weight excluding hydrogens is 925 g/mol. The first-order valence-corrected chi connectivity index (χ1v) is 32.1. The second kappa shape index (κ2) is 63.1. The van der Waals surface area contributed by atoms with Crippen LogP contribution in [0.4, 0.5) is 0 Å². The van der Waals surface area contributed by atoms with Gasteiger partial charge in [0.05, 0.1) is 0 Å². The highest BCUT2D eigenvalue weighted by molar-refractivity contribution is 5.71. The fourth-order valence-corrected chi connectivity index (χ4v) is 9.09. The number of esters is 3. The molecule has 0 saturated heterocycles. The minimum Gasteiger partial charge on any atom is -0.462 e. The van der Waals surface area contributed by atoms with Crippen molar-refractivity contribution in [3.05, 3.63) is 85.1 Å². The van der Waals surface area contributed by atoms with Gasteiger partial charge < -0.3 is 14.2 Å². The summed E-state index contributed by atoms with van der Waals surface area (Å²) in [6.45, 7) is 6.54. The van der Waals surface area contributed by atoms with Crippen LogP contribution in [0.3, 0.4) is 0 Å². The molecule has 0 fully saturated rings. The van der Waals surface area contributed by atoms with Gasteiger partial charge in [-0.2, -0.15) is 0 Å². The molecule has 0 bridgehead atoms. The topological polar surface area (TPSA) is 78.9 Å². The fourth-order valence-electron chi connectivity index (χ4n) is 9.09. The number of hydrogen-bond donors (Lipinski definition) is 0. The number of unbranched alkanes of at least 4 members (excludes halogenated alkanes) is 33. The third kappa shape index (κ3) is 61.3. The minimum atomic E-state index is -0.790. The molecule has 75 heavy (non-hydrogen) atoms. The quantitative estimate of drug-likeness (QED) is 0.0261. The maximum atomic E-state index is 12.9. The van der Waals surface area contributed by atoms with Crippen LogP contribution in [0.2, 0.25) is 0 Å². The molecule has 0 saturated carbocycles. The number of rotatable bonds is 58. The summed E-state index contributed by atoms with van der Waals surface area (Å²) in [6, 6.07) is 0. The Kier molecular flexibility index (Phi) is 60.3. The Bertz CT molecular complexity index is 1430. The van der Waals surface area contributed by atoms with E-state index in [1.54, 1.807) is 0 Å². The van der Waals surface area contributed by atoms with E-state index in [-0.39, 0.29) is 31.1 Å². The highest BCUT2D eigenvalue weighted by Gasteiger charge is 2.19. The summed E-state index contributed by atoms with van der Waals surface area (Å²) < 4.78 is 16.9. The molecule has 0 rings (SSSR count). The van der Waals surface area contributed by atoms with E-state index in [1.807, 2.05) is 0 Å². The third-order valence-corrected chi connectivity index (χ3v) is 13.9. The van der Waals surface area contributed by atoms with E-state index in [0.29, 0.717) is 19.3 Å². The maximum Gasteiger partial charge on any atom is 0.306 e. The maximum absolute atomic E-state index is 12.9. The Morgan fingerprint density at radius 1 is 0.280 bits per heavy atom. The third-order valence-electron chi connectivity index (χ3n) is 13.9. The van der Waals surface area contributed by atoms with E-state index in [4.69, 9.17) is 14.2 Å². The Labute approximate surface area is 465 Å². The summed E-state index contributed by atoms with van der Waals surface area (Å²) in [7, 11) is 0. The van der Waals surface area contributed by atoms with Gasteiger partial charge in [0, 0.05) is 19.3 Å². The first kappa shape index (κ1) is 71.6. The molecule has 1 unspecified atom stereocenters. The Morgan fingerprint density at radius 2 is 0.520 bits per heavy atom. The van der Waals surface area contributed by atoms with Gasteiger partial charge in [-0.1, -0.05) is 286 Å². The smallest absolute Gasteiger partial charge is 0.306 e. The van der Waals surface area contributed by atoms with Crippen molar-refractivity contribution in [3.63, 3.8) is 0 Å². The van der Waals surface area contributed by atoms with Crippen molar-refractivity contribution in [1.82, 2.24) is 0 Å². The van der Waals surface area contributed by atoms with Gasteiger partial charge in [0.25, 0.3) is 0 Å². The van der Waals surface area contributed by atoms with Crippen LogP contribution in [0.5, 0.6) is 0 Å². The molecule has 0 aliphatic rings. The largest absolute Gasteiger partial charge is 0.462 e. The Hall–Kier alpha value is -3.41. The molecule has 1 atom stereocenters. The van der Waals surface area contributed by atoms with E-state index in [0.717, 1.165) is 109 Å². The number of hydrogen-bond acceptors (Lipinski definition) is 6. The Balaban J connectivity index is 4.41. The van der Waals surface area contributed by atoms with Crippen LogP contribution in [-0.4, -0.2) is 37.2 Å². The summed E-state index contributed by atoms with van der Waals surface area (Å²) in [5.74, 6) is -0.900. The van der Waals surface area contributed by atoms with Crippen LogP contribution in [0, 0.1) is 0 Å². The van der Waals surface area contributed by atoms with Crippen LogP contribution in [0.15, 0.2) is 85.1 Å². The zero-order valence-electron chi connectivity index (χ0n) is 49.6.